The highest BCUT2D eigenvalue weighted by molar-refractivity contribution is 5.39. The Balaban J connectivity index is 2.00. The van der Waals surface area contributed by atoms with E-state index in [0.717, 1.165) is 43.0 Å². The monoisotopic (exact) mass is 235 g/mol. The lowest BCUT2D eigenvalue weighted by atomic mass is 10.1. The third-order valence-electron chi connectivity index (χ3n) is 3.04. The molecule has 1 heterocycles. The normalized spacial score (nSPS) is 16.8. The van der Waals surface area contributed by atoms with Gasteiger partial charge in [-0.3, -0.25) is 0 Å². The molecule has 1 saturated heterocycles. The fourth-order valence-electron chi connectivity index (χ4n) is 2.10. The molecule has 0 bridgehead atoms. The van der Waals surface area contributed by atoms with E-state index >= 15 is 0 Å². The third-order valence-corrected chi connectivity index (χ3v) is 3.04. The number of nitrogens with one attached hydrogen (secondary N) is 1. The summed E-state index contributed by atoms with van der Waals surface area (Å²) in [7, 11) is 0. The second-order valence-corrected chi connectivity index (χ2v) is 4.43. The van der Waals surface area contributed by atoms with Crippen LogP contribution in [0.5, 0.6) is 11.5 Å². The summed E-state index contributed by atoms with van der Waals surface area (Å²) in [4.78, 5) is 0. The Kier molecular flexibility index (Phi) is 4.26. The molecular weight excluding hydrogens is 214 g/mol. The molecule has 0 spiro atoms. The molecular formula is C14H21NO2. The number of rotatable bonds is 4. The number of ether oxygens (including phenoxy) is 2. The molecule has 17 heavy (non-hydrogen) atoms. The van der Waals surface area contributed by atoms with E-state index in [1.165, 1.54) is 0 Å². The van der Waals surface area contributed by atoms with Crippen LogP contribution in [0.4, 0.5) is 0 Å². The van der Waals surface area contributed by atoms with Crippen LogP contribution >= 0.6 is 0 Å². The van der Waals surface area contributed by atoms with Crippen molar-refractivity contribution in [2.45, 2.75) is 32.8 Å². The van der Waals surface area contributed by atoms with E-state index in [9.17, 15) is 0 Å². The minimum absolute atomic E-state index is 0.355. The minimum Gasteiger partial charge on any atom is -0.494 e. The standard InChI is InChI=1S/C14H21NO2/c1-3-16-13-4-5-14(11(2)10-13)17-12-6-8-15-9-7-12/h4-5,10,12,15H,3,6-9H2,1-2H3. The highest BCUT2D eigenvalue weighted by Crippen LogP contribution is 2.25. The van der Waals surface area contributed by atoms with Gasteiger partial charge in [-0.05, 0) is 63.5 Å². The molecule has 1 fully saturated rings. The highest BCUT2D eigenvalue weighted by atomic mass is 16.5. The smallest absolute Gasteiger partial charge is 0.122 e. The lowest BCUT2D eigenvalue weighted by molar-refractivity contribution is 0.161. The fraction of sp³-hybridized carbons (Fsp3) is 0.571. The predicted octanol–water partition coefficient (Wildman–Crippen LogP) is 2.52. The first kappa shape index (κ1) is 12.2. The van der Waals surface area contributed by atoms with Gasteiger partial charge in [-0.2, -0.15) is 0 Å². The molecule has 1 aliphatic heterocycles. The topological polar surface area (TPSA) is 30.5 Å². The van der Waals surface area contributed by atoms with Gasteiger partial charge in [0.25, 0.3) is 0 Å². The first-order chi connectivity index (χ1) is 8.29. The maximum atomic E-state index is 6.02. The molecule has 0 unspecified atom stereocenters. The van der Waals surface area contributed by atoms with Crippen molar-refractivity contribution in [2.75, 3.05) is 19.7 Å². The van der Waals surface area contributed by atoms with Crippen LogP contribution in [0.2, 0.25) is 0 Å². The summed E-state index contributed by atoms with van der Waals surface area (Å²) in [6.45, 7) is 6.88. The first-order valence-corrected chi connectivity index (χ1v) is 6.40. The van der Waals surface area contributed by atoms with Crippen molar-refractivity contribution >= 4 is 0 Å². The Morgan fingerprint density at radius 3 is 2.71 bits per heavy atom. The molecule has 3 heteroatoms. The van der Waals surface area contributed by atoms with Gasteiger partial charge in [0.05, 0.1) is 6.61 Å². The number of aryl methyl sites for hydroxylation is 1. The van der Waals surface area contributed by atoms with Crippen molar-refractivity contribution in [1.29, 1.82) is 0 Å². The summed E-state index contributed by atoms with van der Waals surface area (Å²) in [6.07, 6.45) is 2.53. The summed E-state index contributed by atoms with van der Waals surface area (Å²) >= 11 is 0. The molecule has 0 atom stereocenters. The average Bonchev–Trinajstić information content (AvgIpc) is 2.34. The van der Waals surface area contributed by atoms with E-state index in [0.29, 0.717) is 12.7 Å². The number of piperidine rings is 1. The van der Waals surface area contributed by atoms with E-state index in [1.54, 1.807) is 0 Å². The van der Waals surface area contributed by atoms with E-state index in [2.05, 4.69) is 12.2 Å². The largest absolute Gasteiger partial charge is 0.494 e. The van der Waals surface area contributed by atoms with E-state index in [4.69, 9.17) is 9.47 Å². The third kappa shape index (κ3) is 3.37. The summed E-state index contributed by atoms with van der Waals surface area (Å²) in [5, 5.41) is 3.34. The van der Waals surface area contributed by atoms with Crippen LogP contribution in [-0.4, -0.2) is 25.8 Å². The number of hydrogen-bond acceptors (Lipinski definition) is 3. The van der Waals surface area contributed by atoms with Gasteiger partial charge in [0, 0.05) is 0 Å². The molecule has 1 aromatic rings. The van der Waals surface area contributed by atoms with Crippen LogP contribution in [0.3, 0.4) is 0 Å². The minimum atomic E-state index is 0.355. The zero-order chi connectivity index (χ0) is 12.1. The van der Waals surface area contributed by atoms with Crippen molar-refractivity contribution < 1.29 is 9.47 Å². The molecule has 2 rings (SSSR count). The van der Waals surface area contributed by atoms with Crippen LogP contribution in [0, 0.1) is 6.92 Å². The van der Waals surface area contributed by atoms with Gasteiger partial charge in [0.1, 0.15) is 17.6 Å². The van der Waals surface area contributed by atoms with Crippen LogP contribution in [0.1, 0.15) is 25.3 Å². The Labute approximate surface area is 103 Å². The second kappa shape index (κ2) is 5.92. The zero-order valence-electron chi connectivity index (χ0n) is 10.7. The first-order valence-electron chi connectivity index (χ1n) is 6.40. The van der Waals surface area contributed by atoms with Gasteiger partial charge in [-0.15, -0.1) is 0 Å². The quantitative estimate of drug-likeness (QED) is 0.870. The van der Waals surface area contributed by atoms with Crippen LogP contribution < -0.4 is 14.8 Å². The predicted molar refractivity (Wildman–Crippen MR) is 68.9 cm³/mol. The van der Waals surface area contributed by atoms with Crippen LogP contribution in [0.15, 0.2) is 18.2 Å². The average molecular weight is 235 g/mol. The summed E-state index contributed by atoms with van der Waals surface area (Å²) < 4.78 is 11.5. The maximum absolute atomic E-state index is 6.02. The van der Waals surface area contributed by atoms with E-state index < -0.39 is 0 Å². The van der Waals surface area contributed by atoms with E-state index in [1.807, 2.05) is 25.1 Å². The molecule has 1 N–H and O–H groups in total. The molecule has 3 nitrogen and oxygen atoms in total. The second-order valence-electron chi connectivity index (χ2n) is 4.43. The summed E-state index contributed by atoms with van der Waals surface area (Å²) in [5.41, 5.74) is 1.15. The Hall–Kier alpha value is -1.22. The molecule has 0 saturated carbocycles. The lowest BCUT2D eigenvalue weighted by Crippen LogP contribution is -2.34. The molecule has 1 aliphatic rings. The molecule has 94 valence electrons. The molecule has 0 radical (unpaired) electrons. The summed E-state index contributed by atoms with van der Waals surface area (Å²) in [5.74, 6) is 1.91. The number of benzene rings is 1. The van der Waals surface area contributed by atoms with Gasteiger partial charge in [0.15, 0.2) is 0 Å². The molecule has 0 aliphatic carbocycles. The molecule has 0 aromatic heterocycles. The van der Waals surface area contributed by atoms with E-state index in [-0.39, 0.29) is 0 Å². The van der Waals surface area contributed by atoms with Gasteiger partial charge >= 0.3 is 0 Å². The van der Waals surface area contributed by atoms with Gasteiger partial charge in [0.2, 0.25) is 0 Å². The maximum Gasteiger partial charge on any atom is 0.122 e. The van der Waals surface area contributed by atoms with Crippen molar-refractivity contribution in [3.63, 3.8) is 0 Å². The Morgan fingerprint density at radius 2 is 2.06 bits per heavy atom. The van der Waals surface area contributed by atoms with Gasteiger partial charge < -0.3 is 14.8 Å². The summed E-state index contributed by atoms with van der Waals surface area (Å²) in [6, 6.07) is 6.04. The zero-order valence-corrected chi connectivity index (χ0v) is 10.7. The SMILES string of the molecule is CCOc1ccc(OC2CCNCC2)c(C)c1. The van der Waals surface area contributed by atoms with Crippen molar-refractivity contribution in [1.82, 2.24) is 5.32 Å². The Bertz CT molecular complexity index is 359. The van der Waals surface area contributed by atoms with Crippen LogP contribution in [0.25, 0.3) is 0 Å². The fourth-order valence-corrected chi connectivity index (χ4v) is 2.10. The Morgan fingerprint density at radius 1 is 1.29 bits per heavy atom. The van der Waals surface area contributed by atoms with Crippen molar-refractivity contribution in [3.05, 3.63) is 23.8 Å². The van der Waals surface area contributed by atoms with Crippen LogP contribution in [-0.2, 0) is 0 Å². The van der Waals surface area contributed by atoms with Crippen molar-refractivity contribution in [2.24, 2.45) is 0 Å². The number of hydrogen-bond donors (Lipinski definition) is 1. The van der Waals surface area contributed by atoms with Gasteiger partial charge in [-0.25, -0.2) is 0 Å². The lowest BCUT2D eigenvalue weighted by Gasteiger charge is -2.24. The molecule has 0 amide bonds. The van der Waals surface area contributed by atoms with Gasteiger partial charge in [-0.1, -0.05) is 0 Å². The highest BCUT2D eigenvalue weighted by Gasteiger charge is 2.15. The van der Waals surface area contributed by atoms with Crippen molar-refractivity contribution in [3.8, 4) is 11.5 Å². The molecule has 1 aromatic carbocycles.